The minimum absolute atomic E-state index is 0.0405. The van der Waals surface area contributed by atoms with Crippen LogP contribution in [0.25, 0.3) is 0 Å². The second kappa shape index (κ2) is 7.09. The maximum absolute atomic E-state index is 12.5. The van der Waals surface area contributed by atoms with Crippen molar-refractivity contribution in [2.75, 3.05) is 31.5 Å². The molecule has 140 valence electrons. The summed E-state index contributed by atoms with van der Waals surface area (Å²) in [5, 5.41) is 2.92. The molecule has 2 aliphatic rings. The third-order valence-corrected chi connectivity index (χ3v) is 5.24. The normalized spacial score (nSPS) is 22.7. The van der Waals surface area contributed by atoms with Gasteiger partial charge in [0.1, 0.15) is 0 Å². The highest BCUT2D eigenvalue weighted by molar-refractivity contribution is 5.99. The van der Waals surface area contributed by atoms with Gasteiger partial charge in [-0.2, -0.15) is 0 Å². The number of rotatable bonds is 4. The predicted octanol–water partition coefficient (Wildman–Crippen LogP) is 1.86. The summed E-state index contributed by atoms with van der Waals surface area (Å²) in [4.78, 5) is 39.1. The first-order valence-corrected chi connectivity index (χ1v) is 9.19. The molecule has 0 bridgehead atoms. The molecular weight excluding hydrogens is 330 g/mol. The van der Waals surface area contributed by atoms with E-state index in [1.165, 1.54) is 5.56 Å². The standard InChI is InChI=1S/C20H27N3O3/c1-20(2,3)14-4-6-15(7-5-14)21-18(25)16-12-17(16)19(26)23-10-8-22(13-24)9-11-23/h4-7,13,16-17H,8-12H2,1-3H3,(H,21,25). The maximum atomic E-state index is 12.5. The largest absolute Gasteiger partial charge is 0.342 e. The molecule has 2 unspecified atom stereocenters. The van der Waals surface area contributed by atoms with Crippen LogP contribution in [0, 0.1) is 11.8 Å². The summed E-state index contributed by atoms with van der Waals surface area (Å²) in [5.41, 5.74) is 2.05. The van der Waals surface area contributed by atoms with E-state index in [1.54, 1.807) is 9.80 Å². The number of benzene rings is 1. The molecule has 1 aliphatic heterocycles. The molecule has 1 heterocycles. The number of carbonyl (C=O) groups is 3. The summed E-state index contributed by atoms with van der Waals surface area (Å²) < 4.78 is 0. The fourth-order valence-electron chi connectivity index (χ4n) is 3.33. The van der Waals surface area contributed by atoms with Gasteiger partial charge >= 0.3 is 0 Å². The topological polar surface area (TPSA) is 69.7 Å². The summed E-state index contributed by atoms with van der Waals surface area (Å²) in [5.74, 6) is -0.502. The van der Waals surface area contributed by atoms with Crippen molar-refractivity contribution in [3.8, 4) is 0 Å². The molecule has 0 aromatic heterocycles. The van der Waals surface area contributed by atoms with Crippen LogP contribution in [0.1, 0.15) is 32.8 Å². The molecule has 1 saturated heterocycles. The first-order valence-electron chi connectivity index (χ1n) is 9.19. The van der Waals surface area contributed by atoms with Gasteiger partial charge in [-0.05, 0) is 29.5 Å². The Morgan fingerprint density at radius 1 is 1.04 bits per heavy atom. The van der Waals surface area contributed by atoms with Crippen LogP contribution in [0.4, 0.5) is 5.69 Å². The van der Waals surface area contributed by atoms with Gasteiger partial charge in [-0.1, -0.05) is 32.9 Å². The molecule has 6 heteroatoms. The van der Waals surface area contributed by atoms with Gasteiger partial charge in [-0.15, -0.1) is 0 Å². The first kappa shape index (κ1) is 18.4. The fourth-order valence-corrected chi connectivity index (χ4v) is 3.33. The number of hydrogen-bond acceptors (Lipinski definition) is 3. The van der Waals surface area contributed by atoms with Gasteiger partial charge in [0.15, 0.2) is 0 Å². The molecule has 2 fully saturated rings. The zero-order valence-electron chi connectivity index (χ0n) is 15.7. The van der Waals surface area contributed by atoms with Gasteiger partial charge in [0.05, 0.1) is 11.8 Å². The van der Waals surface area contributed by atoms with Gasteiger partial charge in [0, 0.05) is 31.9 Å². The Hall–Kier alpha value is -2.37. The molecule has 0 radical (unpaired) electrons. The average Bonchev–Trinajstić information content (AvgIpc) is 3.42. The minimum Gasteiger partial charge on any atom is -0.342 e. The highest BCUT2D eigenvalue weighted by Crippen LogP contribution is 2.41. The third-order valence-electron chi connectivity index (χ3n) is 5.24. The van der Waals surface area contributed by atoms with Crippen molar-refractivity contribution in [2.24, 2.45) is 11.8 Å². The predicted molar refractivity (Wildman–Crippen MR) is 99.6 cm³/mol. The maximum Gasteiger partial charge on any atom is 0.228 e. The van der Waals surface area contributed by atoms with Gasteiger partial charge in [0.25, 0.3) is 0 Å². The van der Waals surface area contributed by atoms with Crippen molar-refractivity contribution >= 4 is 23.9 Å². The number of nitrogens with zero attached hydrogens (tertiary/aromatic N) is 2. The fraction of sp³-hybridized carbons (Fsp3) is 0.550. The molecule has 3 amide bonds. The van der Waals surface area contributed by atoms with Crippen LogP contribution >= 0.6 is 0 Å². The molecule has 6 nitrogen and oxygen atoms in total. The van der Waals surface area contributed by atoms with Crippen LogP contribution in [0.5, 0.6) is 0 Å². The van der Waals surface area contributed by atoms with Crippen molar-refractivity contribution in [3.05, 3.63) is 29.8 Å². The number of anilines is 1. The Bertz CT molecular complexity index is 685. The summed E-state index contributed by atoms with van der Waals surface area (Å²) >= 11 is 0. The molecular formula is C20H27N3O3. The van der Waals surface area contributed by atoms with E-state index in [-0.39, 0.29) is 29.1 Å². The van der Waals surface area contributed by atoms with E-state index in [0.717, 1.165) is 12.1 Å². The van der Waals surface area contributed by atoms with Gasteiger partial charge < -0.3 is 15.1 Å². The molecule has 0 spiro atoms. The smallest absolute Gasteiger partial charge is 0.228 e. The van der Waals surface area contributed by atoms with Crippen LogP contribution in [-0.4, -0.2) is 54.2 Å². The van der Waals surface area contributed by atoms with Crippen molar-refractivity contribution in [1.82, 2.24) is 9.80 Å². The van der Waals surface area contributed by atoms with Crippen molar-refractivity contribution in [2.45, 2.75) is 32.6 Å². The lowest BCUT2D eigenvalue weighted by Gasteiger charge is -2.32. The second-order valence-corrected chi connectivity index (χ2v) is 8.23. The molecule has 26 heavy (non-hydrogen) atoms. The van der Waals surface area contributed by atoms with E-state index < -0.39 is 0 Å². The van der Waals surface area contributed by atoms with Crippen LogP contribution in [-0.2, 0) is 19.8 Å². The summed E-state index contributed by atoms with van der Waals surface area (Å²) in [6, 6.07) is 7.88. The third kappa shape index (κ3) is 4.06. The van der Waals surface area contributed by atoms with Crippen LogP contribution in [0.15, 0.2) is 24.3 Å². The minimum atomic E-state index is -0.242. The number of piperazine rings is 1. The lowest BCUT2D eigenvalue weighted by Crippen LogP contribution is -2.48. The molecule has 2 atom stereocenters. The number of nitrogens with one attached hydrogen (secondary N) is 1. The SMILES string of the molecule is CC(C)(C)c1ccc(NC(=O)C2CC2C(=O)N2CCN(C=O)CC2)cc1. The lowest BCUT2D eigenvalue weighted by atomic mass is 9.87. The highest BCUT2D eigenvalue weighted by Gasteiger charge is 2.49. The first-order chi connectivity index (χ1) is 12.3. The summed E-state index contributed by atoms with van der Waals surface area (Å²) in [7, 11) is 0. The summed E-state index contributed by atoms with van der Waals surface area (Å²) in [6.07, 6.45) is 1.43. The second-order valence-electron chi connectivity index (χ2n) is 8.23. The number of amides is 3. The Morgan fingerprint density at radius 3 is 2.19 bits per heavy atom. The quantitative estimate of drug-likeness (QED) is 0.836. The number of hydrogen-bond donors (Lipinski definition) is 1. The Kier molecular flexibility index (Phi) is 5.03. The molecule has 1 saturated carbocycles. The average molecular weight is 357 g/mol. The van der Waals surface area contributed by atoms with E-state index in [1.807, 2.05) is 24.3 Å². The highest BCUT2D eigenvalue weighted by atomic mass is 16.2. The molecule has 1 N–H and O–H groups in total. The van der Waals surface area contributed by atoms with Gasteiger partial charge in [0.2, 0.25) is 18.2 Å². The van der Waals surface area contributed by atoms with Gasteiger partial charge in [-0.25, -0.2) is 0 Å². The van der Waals surface area contributed by atoms with Crippen molar-refractivity contribution in [1.29, 1.82) is 0 Å². The number of carbonyl (C=O) groups excluding carboxylic acids is 3. The van der Waals surface area contributed by atoms with E-state index in [2.05, 4.69) is 26.1 Å². The molecule has 1 aliphatic carbocycles. The monoisotopic (exact) mass is 357 g/mol. The zero-order chi connectivity index (χ0) is 18.9. The van der Waals surface area contributed by atoms with Crippen LogP contribution < -0.4 is 5.32 Å². The van der Waals surface area contributed by atoms with E-state index >= 15 is 0 Å². The Balaban J connectivity index is 1.51. The van der Waals surface area contributed by atoms with E-state index in [9.17, 15) is 14.4 Å². The van der Waals surface area contributed by atoms with Crippen molar-refractivity contribution < 1.29 is 14.4 Å². The Labute approximate surface area is 154 Å². The lowest BCUT2D eigenvalue weighted by molar-refractivity contribution is -0.137. The van der Waals surface area contributed by atoms with E-state index in [0.29, 0.717) is 32.6 Å². The Morgan fingerprint density at radius 2 is 1.65 bits per heavy atom. The molecule has 1 aromatic rings. The van der Waals surface area contributed by atoms with Crippen molar-refractivity contribution in [3.63, 3.8) is 0 Å². The van der Waals surface area contributed by atoms with Crippen LogP contribution in [0.3, 0.4) is 0 Å². The van der Waals surface area contributed by atoms with Crippen LogP contribution in [0.2, 0.25) is 0 Å². The van der Waals surface area contributed by atoms with Gasteiger partial charge in [-0.3, -0.25) is 14.4 Å². The summed E-state index contributed by atoms with van der Waals surface area (Å²) in [6.45, 7) is 8.69. The molecule has 1 aromatic carbocycles. The zero-order valence-corrected chi connectivity index (χ0v) is 15.7. The van der Waals surface area contributed by atoms with E-state index in [4.69, 9.17) is 0 Å². The molecule has 3 rings (SSSR count).